The molecule has 0 aliphatic carbocycles. The van der Waals surface area contributed by atoms with Crippen molar-refractivity contribution in [2.45, 2.75) is 25.7 Å². The van der Waals surface area contributed by atoms with E-state index in [1.807, 2.05) is 0 Å². The Morgan fingerprint density at radius 3 is 2.43 bits per heavy atom. The van der Waals surface area contributed by atoms with Crippen LogP contribution in [0.3, 0.4) is 0 Å². The fourth-order valence-electron chi connectivity index (χ4n) is 1.84. The van der Waals surface area contributed by atoms with E-state index in [1.54, 1.807) is 69.3 Å². The molecule has 0 saturated heterocycles. The summed E-state index contributed by atoms with van der Waals surface area (Å²) in [7, 11) is -3.33. The Balaban J connectivity index is 2.71. The Bertz CT molecular complexity index is 711. The number of benzene rings is 1. The first-order valence-corrected chi connectivity index (χ1v) is 8.97. The molecule has 0 aliphatic rings. The summed E-state index contributed by atoms with van der Waals surface area (Å²) in [6.45, 7) is 5.62. The SMILES string of the molecule is CCOC(=O)C=C(C)C=CC=C(C)CS(=O)(=O)c1ccccc1. The highest BCUT2D eigenvalue weighted by Gasteiger charge is 2.13. The summed E-state index contributed by atoms with van der Waals surface area (Å²) in [6.07, 6.45) is 6.57. The molecule has 0 bridgehead atoms. The molecule has 1 aromatic carbocycles. The first kappa shape index (κ1) is 18.9. The van der Waals surface area contributed by atoms with Crippen molar-refractivity contribution >= 4 is 15.8 Å². The molecule has 0 amide bonds. The fourth-order valence-corrected chi connectivity index (χ4v) is 3.28. The largest absolute Gasteiger partial charge is 0.463 e. The molecule has 0 N–H and O–H groups in total. The molecule has 4 nitrogen and oxygen atoms in total. The summed E-state index contributed by atoms with van der Waals surface area (Å²) < 4.78 is 29.2. The van der Waals surface area contributed by atoms with Crippen molar-refractivity contribution in [1.82, 2.24) is 0 Å². The summed E-state index contributed by atoms with van der Waals surface area (Å²) in [5.74, 6) is -0.427. The number of rotatable bonds is 7. The quantitative estimate of drug-likeness (QED) is 0.435. The second-order valence-electron chi connectivity index (χ2n) is 5.08. The van der Waals surface area contributed by atoms with Crippen molar-refractivity contribution in [1.29, 1.82) is 0 Å². The molecule has 0 aromatic heterocycles. The lowest BCUT2D eigenvalue weighted by Crippen LogP contribution is -2.07. The van der Waals surface area contributed by atoms with Crippen LogP contribution in [-0.4, -0.2) is 26.7 Å². The molecule has 1 rings (SSSR count). The molecule has 0 fully saturated rings. The van der Waals surface area contributed by atoms with Gasteiger partial charge in [-0.15, -0.1) is 0 Å². The minimum atomic E-state index is -3.33. The average molecular weight is 334 g/mol. The predicted octanol–water partition coefficient (Wildman–Crippen LogP) is 3.47. The summed E-state index contributed by atoms with van der Waals surface area (Å²) in [5.41, 5.74) is 1.45. The van der Waals surface area contributed by atoms with Crippen LogP contribution in [0.1, 0.15) is 20.8 Å². The van der Waals surface area contributed by atoms with E-state index in [1.165, 1.54) is 6.08 Å². The standard InChI is InChI=1S/C18H22O4S/c1-4-22-18(19)13-15(2)9-8-10-16(3)14-23(20,21)17-11-6-5-7-12-17/h5-13H,4,14H2,1-3H3. The van der Waals surface area contributed by atoms with Crippen LogP contribution in [0.4, 0.5) is 0 Å². The first-order valence-electron chi connectivity index (χ1n) is 7.32. The van der Waals surface area contributed by atoms with Gasteiger partial charge in [-0.1, -0.05) is 42.0 Å². The number of hydrogen-bond acceptors (Lipinski definition) is 4. The van der Waals surface area contributed by atoms with E-state index >= 15 is 0 Å². The zero-order chi connectivity index (χ0) is 17.3. The van der Waals surface area contributed by atoms with Crippen LogP contribution in [0.5, 0.6) is 0 Å². The van der Waals surface area contributed by atoms with Gasteiger partial charge in [-0.05, 0) is 38.5 Å². The van der Waals surface area contributed by atoms with E-state index < -0.39 is 9.84 Å². The third-order valence-corrected chi connectivity index (χ3v) is 4.72. The van der Waals surface area contributed by atoms with Gasteiger partial charge in [0.2, 0.25) is 0 Å². The van der Waals surface area contributed by atoms with E-state index in [0.717, 1.165) is 5.57 Å². The molecule has 124 valence electrons. The first-order chi connectivity index (χ1) is 10.8. The lowest BCUT2D eigenvalue weighted by atomic mass is 10.2. The number of allylic oxidation sites excluding steroid dienone is 4. The van der Waals surface area contributed by atoms with Crippen molar-refractivity contribution in [2.24, 2.45) is 0 Å². The van der Waals surface area contributed by atoms with Crippen LogP contribution in [0.15, 0.2) is 70.7 Å². The molecular weight excluding hydrogens is 312 g/mol. The van der Waals surface area contributed by atoms with Crippen LogP contribution in [-0.2, 0) is 19.4 Å². The van der Waals surface area contributed by atoms with E-state index in [2.05, 4.69) is 0 Å². The molecule has 5 heteroatoms. The van der Waals surface area contributed by atoms with Crippen molar-refractivity contribution in [2.75, 3.05) is 12.4 Å². The van der Waals surface area contributed by atoms with Crippen molar-refractivity contribution in [3.63, 3.8) is 0 Å². The highest BCUT2D eigenvalue weighted by Crippen LogP contribution is 2.13. The van der Waals surface area contributed by atoms with Crippen molar-refractivity contribution in [3.05, 3.63) is 65.8 Å². The Labute approximate surface area is 138 Å². The van der Waals surface area contributed by atoms with Gasteiger partial charge in [-0.2, -0.15) is 0 Å². The summed E-state index contributed by atoms with van der Waals surface area (Å²) in [6, 6.07) is 8.36. The minimum absolute atomic E-state index is 0.0397. The molecule has 1 aromatic rings. The van der Waals surface area contributed by atoms with Gasteiger partial charge in [0.15, 0.2) is 9.84 Å². The van der Waals surface area contributed by atoms with Crippen LogP contribution in [0.25, 0.3) is 0 Å². The van der Waals surface area contributed by atoms with Crippen LogP contribution in [0.2, 0.25) is 0 Å². The molecule has 0 aliphatic heterocycles. The van der Waals surface area contributed by atoms with Crippen molar-refractivity contribution < 1.29 is 17.9 Å². The topological polar surface area (TPSA) is 60.4 Å². The van der Waals surface area contributed by atoms with Gasteiger partial charge in [0.1, 0.15) is 0 Å². The highest BCUT2D eigenvalue weighted by atomic mass is 32.2. The van der Waals surface area contributed by atoms with Gasteiger partial charge >= 0.3 is 5.97 Å². The molecule has 0 atom stereocenters. The normalized spacial score (nSPS) is 13.3. The predicted molar refractivity (Wildman–Crippen MR) is 91.8 cm³/mol. The second-order valence-corrected chi connectivity index (χ2v) is 7.07. The van der Waals surface area contributed by atoms with E-state index in [9.17, 15) is 13.2 Å². The second kappa shape index (κ2) is 9.10. The third-order valence-electron chi connectivity index (χ3n) is 2.89. The van der Waals surface area contributed by atoms with E-state index in [-0.39, 0.29) is 11.7 Å². The third kappa shape index (κ3) is 7.10. The van der Waals surface area contributed by atoms with Crippen LogP contribution in [0, 0.1) is 0 Å². The van der Waals surface area contributed by atoms with Gasteiger partial charge in [0.05, 0.1) is 17.3 Å². The zero-order valence-electron chi connectivity index (χ0n) is 13.7. The van der Waals surface area contributed by atoms with E-state index in [4.69, 9.17) is 4.74 Å². The number of hydrogen-bond donors (Lipinski definition) is 0. The lowest BCUT2D eigenvalue weighted by molar-refractivity contribution is -0.137. The van der Waals surface area contributed by atoms with Gasteiger partial charge in [0, 0.05) is 6.08 Å². The maximum absolute atomic E-state index is 12.2. The van der Waals surface area contributed by atoms with Crippen molar-refractivity contribution in [3.8, 4) is 0 Å². The Hall–Kier alpha value is -2.14. The Morgan fingerprint density at radius 1 is 1.17 bits per heavy atom. The number of carbonyl (C=O) groups excluding carboxylic acids is 1. The van der Waals surface area contributed by atoms with Gasteiger partial charge < -0.3 is 4.74 Å². The van der Waals surface area contributed by atoms with Gasteiger partial charge in [0.25, 0.3) is 0 Å². The zero-order valence-corrected chi connectivity index (χ0v) is 14.5. The molecule has 0 spiro atoms. The monoisotopic (exact) mass is 334 g/mol. The average Bonchev–Trinajstić information content (AvgIpc) is 2.47. The maximum atomic E-state index is 12.2. The molecule has 0 radical (unpaired) electrons. The highest BCUT2D eigenvalue weighted by molar-refractivity contribution is 7.91. The van der Waals surface area contributed by atoms with Crippen LogP contribution < -0.4 is 0 Å². The molecule has 0 unspecified atom stereocenters. The Morgan fingerprint density at radius 2 is 1.83 bits per heavy atom. The number of esters is 1. The fraction of sp³-hybridized carbons (Fsp3) is 0.278. The number of sulfone groups is 1. The van der Waals surface area contributed by atoms with E-state index in [0.29, 0.717) is 17.1 Å². The molecule has 0 saturated carbocycles. The minimum Gasteiger partial charge on any atom is -0.463 e. The maximum Gasteiger partial charge on any atom is 0.330 e. The summed E-state index contributed by atoms with van der Waals surface area (Å²) >= 11 is 0. The molecule has 0 heterocycles. The van der Waals surface area contributed by atoms with Crippen LogP contribution >= 0.6 is 0 Å². The smallest absolute Gasteiger partial charge is 0.330 e. The Kier molecular flexibility index (Phi) is 7.48. The van der Waals surface area contributed by atoms with Gasteiger partial charge in [-0.25, -0.2) is 13.2 Å². The summed E-state index contributed by atoms with van der Waals surface area (Å²) in [4.78, 5) is 11.6. The molecular formula is C18H22O4S. The number of carbonyl (C=O) groups is 1. The van der Waals surface area contributed by atoms with Gasteiger partial charge in [-0.3, -0.25) is 0 Å². The summed E-state index contributed by atoms with van der Waals surface area (Å²) in [5, 5.41) is 0. The molecule has 23 heavy (non-hydrogen) atoms. The number of ether oxygens (including phenoxy) is 1. The lowest BCUT2D eigenvalue weighted by Gasteiger charge is -2.04.